The van der Waals surface area contributed by atoms with E-state index in [1.54, 1.807) is 13.8 Å². The van der Waals surface area contributed by atoms with Crippen LogP contribution >= 0.6 is 0 Å². The fourth-order valence-corrected chi connectivity index (χ4v) is 3.29. The van der Waals surface area contributed by atoms with E-state index in [4.69, 9.17) is 10.5 Å². The van der Waals surface area contributed by atoms with Gasteiger partial charge in [0.05, 0.1) is 0 Å². The molecule has 0 aromatic heterocycles. The maximum Gasteiger partial charge on any atom is 0.338 e. The Bertz CT molecular complexity index is 784. The molecule has 0 radical (unpaired) electrons. The van der Waals surface area contributed by atoms with Gasteiger partial charge in [0, 0.05) is 5.92 Å². The van der Waals surface area contributed by atoms with Crippen molar-refractivity contribution in [2.75, 3.05) is 6.61 Å². The van der Waals surface area contributed by atoms with E-state index in [1.807, 2.05) is 48.5 Å². The van der Waals surface area contributed by atoms with Crippen LogP contribution in [0, 0.1) is 5.92 Å². The van der Waals surface area contributed by atoms with Crippen LogP contribution in [-0.2, 0) is 14.3 Å². The summed E-state index contributed by atoms with van der Waals surface area (Å²) < 4.78 is 5.38. The van der Waals surface area contributed by atoms with E-state index in [2.05, 4.69) is 0 Å². The maximum absolute atomic E-state index is 12.4. The number of carbonyl (C=O) groups excluding carboxylic acids is 1. The van der Waals surface area contributed by atoms with E-state index in [1.165, 1.54) is 0 Å². The van der Waals surface area contributed by atoms with Crippen molar-refractivity contribution in [1.82, 2.24) is 0 Å². The Balaban J connectivity index is 1.87. The lowest BCUT2D eigenvalue weighted by atomic mass is 9.87. The summed E-state index contributed by atoms with van der Waals surface area (Å²) in [6, 6.07) is 15.9. The molecule has 0 amide bonds. The van der Waals surface area contributed by atoms with Crippen molar-refractivity contribution >= 4 is 11.9 Å². The van der Waals surface area contributed by atoms with Crippen LogP contribution in [-0.4, -0.2) is 29.2 Å². The fourth-order valence-electron chi connectivity index (χ4n) is 3.29. The van der Waals surface area contributed by atoms with E-state index in [-0.39, 0.29) is 12.5 Å². The monoisotopic (exact) mass is 339 g/mol. The molecule has 1 atom stereocenters. The SMILES string of the molecule is CC(C)C(N)(C(=O)O)C(=O)OCC1c2ccccc2-c2ccccc21. The van der Waals surface area contributed by atoms with Crippen molar-refractivity contribution in [2.24, 2.45) is 11.7 Å². The third-order valence-corrected chi connectivity index (χ3v) is 4.95. The summed E-state index contributed by atoms with van der Waals surface area (Å²) >= 11 is 0. The number of carbonyl (C=O) groups is 2. The summed E-state index contributed by atoms with van der Waals surface area (Å²) in [6.07, 6.45) is 0. The van der Waals surface area contributed by atoms with Crippen LogP contribution in [0.15, 0.2) is 48.5 Å². The average molecular weight is 339 g/mol. The first-order valence-electron chi connectivity index (χ1n) is 8.25. The Morgan fingerprint density at radius 3 is 2.00 bits per heavy atom. The van der Waals surface area contributed by atoms with Gasteiger partial charge in [-0.05, 0) is 28.2 Å². The normalized spacial score (nSPS) is 15.4. The Morgan fingerprint density at radius 1 is 1.08 bits per heavy atom. The van der Waals surface area contributed by atoms with Crippen molar-refractivity contribution in [3.63, 3.8) is 0 Å². The lowest BCUT2D eigenvalue weighted by Gasteiger charge is -2.27. The standard InChI is InChI=1S/C20H21NO4/c1-12(2)20(21,18(22)23)19(24)25-11-17-15-9-5-3-7-13(15)14-8-4-6-10-16(14)17/h3-10,12,17H,11,21H2,1-2H3,(H,22,23). The second-order valence-electron chi connectivity index (χ2n) is 6.65. The molecule has 0 heterocycles. The number of carboxylic acids is 1. The number of fused-ring (bicyclic) bond motifs is 3. The number of hydrogen-bond acceptors (Lipinski definition) is 4. The van der Waals surface area contributed by atoms with E-state index in [9.17, 15) is 14.7 Å². The van der Waals surface area contributed by atoms with Gasteiger partial charge < -0.3 is 15.6 Å². The van der Waals surface area contributed by atoms with E-state index >= 15 is 0 Å². The third-order valence-electron chi connectivity index (χ3n) is 4.95. The number of carboxylic acid groups (broad SMARTS) is 1. The van der Waals surface area contributed by atoms with Crippen molar-refractivity contribution in [3.8, 4) is 11.1 Å². The zero-order valence-corrected chi connectivity index (χ0v) is 14.2. The molecule has 0 aliphatic heterocycles. The van der Waals surface area contributed by atoms with Crippen LogP contribution in [0.4, 0.5) is 0 Å². The molecule has 2 aromatic carbocycles. The highest BCUT2D eigenvalue weighted by molar-refractivity contribution is 6.04. The largest absolute Gasteiger partial charge is 0.479 e. The molecule has 130 valence electrons. The van der Waals surface area contributed by atoms with E-state index in [0.29, 0.717) is 0 Å². The van der Waals surface area contributed by atoms with Gasteiger partial charge in [0.15, 0.2) is 0 Å². The predicted molar refractivity (Wildman–Crippen MR) is 94.1 cm³/mol. The van der Waals surface area contributed by atoms with Crippen LogP contribution in [0.3, 0.4) is 0 Å². The molecule has 1 aliphatic rings. The highest BCUT2D eigenvalue weighted by atomic mass is 16.5. The molecule has 5 heteroatoms. The molecule has 1 aliphatic carbocycles. The predicted octanol–water partition coefficient (Wildman–Crippen LogP) is 2.78. The Hall–Kier alpha value is -2.66. The second kappa shape index (κ2) is 6.33. The maximum atomic E-state index is 12.4. The summed E-state index contributed by atoms with van der Waals surface area (Å²) in [5, 5.41) is 9.36. The van der Waals surface area contributed by atoms with Gasteiger partial charge in [0.25, 0.3) is 0 Å². The topological polar surface area (TPSA) is 89.6 Å². The molecule has 0 spiro atoms. The van der Waals surface area contributed by atoms with Gasteiger partial charge in [0.1, 0.15) is 6.61 Å². The van der Waals surface area contributed by atoms with Crippen LogP contribution in [0.2, 0.25) is 0 Å². The first-order chi connectivity index (χ1) is 11.9. The molecular formula is C20H21NO4. The molecule has 25 heavy (non-hydrogen) atoms. The molecule has 3 rings (SSSR count). The molecular weight excluding hydrogens is 318 g/mol. The van der Waals surface area contributed by atoms with Crippen LogP contribution < -0.4 is 5.73 Å². The zero-order valence-electron chi connectivity index (χ0n) is 14.2. The van der Waals surface area contributed by atoms with Gasteiger partial charge in [-0.1, -0.05) is 62.4 Å². The first-order valence-corrected chi connectivity index (χ1v) is 8.25. The summed E-state index contributed by atoms with van der Waals surface area (Å²) in [7, 11) is 0. The van der Waals surface area contributed by atoms with Crippen molar-refractivity contribution < 1.29 is 19.4 Å². The molecule has 2 aromatic rings. The number of ether oxygens (including phenoxy) is 1. The minimum atomic E-state index is -2.04. The molecule has 0 saturated carbocycles. The Morgan fingerprint density at radius 2 is 1.56 bits per heavy atom. The van der Waals surface area contributed by atoms with E-state index in [0.717, 1.165) is 22.3 Å². The lowest BCUT2D eigenvalue weighted by Crippen LogP contribution is -2.59. The first kappa shape index (κ1) is 17.2. The van der Waals surface area contributed by atoms with Crippen molar-refractivity contribution in [3.05, 3.63) is 59.7 Å². The van der Waals surface area contributed by atoms with Crippen LogP contribution in [0.1, 0.15) is 30.9 Å². The molecule has 5 nitrogen and oxygen atoms in total. The summed E-state index contributed by atoms with van der Waals surface area (Å²) in [4.78, 5) is 23.9. The van der Waals surface area contributed by atoms with Crippen LogP contribution in [0.25, 0.3) is 11.1 Å². The summed E-state index contributed by atoms with van der Waals surface area (Å²) in [5.41, 5.74) is 8.14. The number of aliphatic carboxylic acids is 1. The Labute approximate surface area is 146 Å². The number of esters is 1. The molecule has 1 unspecified atom stereocenters. The van der Waals surface area contributed by atoms with Gasteiger partial charge in [-0.3, -0.25) is 0 Å². The van der Waals surface area contributed by atoms with Crippen molar-refractivity contribution in [2.45, 2.75) is 25.3 Å². The van der Waals surface area contributed by atoms with Gasteiger partial charge in [-0.25, -0.2) is 9.59 Å². The second-order valence-corrected chi connectivity index (χ2v) is 6.65. The average Bonchev–Trinajstić information content (AvgIpc) is 2.92. The molecule has 0 fully saturated rings. The molecule has 3 N–H and O–H groups in total. The molecule has 0 saturated heterocycles. The Kier molecular flexibility index (Phi) is 4.35. The smallest absolute Gasteiger partial charge is 0.338 e. The van der Waals surface area contributed by atoms with Gasteiger partial charge in [0.2, 0.25) is 5.54 Å². The number of nitrogens with two attached hydrogens (primary N) is 1. The van der Waals surface area contributed by atoms with E-state index < -0.39 is 23.4 Å². The van der Waals surface area contributed by atoms with Gasteiger partial charge >= 0.3 is 11.9 Å². The molecule has 0 bridgehead atoms. The number of hydrogen-bond donors (Lipinski definition) is 2. The van der Waals surface area contributed by atoms with Crippen LogP contribution in [0.5, 0.6) is 0 Å². The zero-order chi connectivity index (χ0) is 18.2. The fraction of sp³-hybridized carbons (Fsp3) is 0.300. The summed E-state index contributed by atoms with van der Waals surface area (Å²) in [5.74, 6) is -2.99. The van der Waals surface area contributed by atoms with Gasteiger partial charge in [-0.2, -0.15) is 0 Å². The minimum absolute atomic E-state index is 0.0613. The number of rotatable bonds is 5. The quantitative estimate of drug-likeness (QED) is 0.646. The van der Waals surface area contributed by atoms with Crippen molar-refractivity contribution in [1.29, 1.82) is 0 Å². The van der Waals surface area contributed by atoms with Gasteiger partial charge in [-0.15, -0.1) is 0 Å². The minimum Gasteiger partial charge on any atom is -0.479 e. The lowest BCUT2D eigenvalue weighted by molar-refractivity contribution is -0.163. The highest BCUT2D eigenvalue weighted by Gasteiger charge is 2.47. The third kappa shape index (κ3) is 2.70. The number of benzene rings is 2. The summed E-state index contributed by atoms with van der Waals surface area (Å²) in [6.45, 7) is 3.25. The highest BCUT2D eigenvalue weighted by Crippen LogP contribution is 2.44.